The molecule has 0 saturated carbocycles. The highest BCUT2D eigenvalue weighted by Crippen LogP contribution is 2.25. The van der Waals surface area contributed by atoms with E-state index in [-0.39, 0.29) is 5.82 Å². The number of halogens is 1. The van der Waals surface area contributed by atoms with Gasteiger partial charge in [0.15, 0.2) is 5.16 Å². The fourth-order valence-corrected chi connectivity index (χ4v) is 2.96. The Hall–Kier alpha value is -2.65. The number of aromatic nitrogens is 3. The van der Waals surface area contributed by atoms with Crippen LogP contribution in [-0.2, 0) is 5.75 Å². The van der Waals surface area contributed by atoms with Crippen LogP contribution in [0.4, 0.5) is 4.39 Å². The van der Waals surface area contributed by atoms with Crippen molar-refractivity contribution >= 4 is 11.8 Å². The van der Waals surface area contributed by atoms with Crippen molar-refractivity contribution in [3.8, 4) is 11.8 Å². The second-order valence-corrected chi connectivity index (χ2v) is 5.44. The van der Waals surface area contributed by atoms with Crippen molar-refractivity contribution in [3.63, 3.8) is 0 Å². The highest BCUT2D eigenvalue weighted by molar-refractivity contribution is 7.98. The minimum absolute atomic E-state index is 0.332. The third kappa shape index (κ3) is 2.85. The first-order valence-corrected chi connectivity index (χ1v) is 7.54. The van der Waals surface area contributed by atoms with Crippen molar-refractivity contribution in [2.24, 2.45) is 0 Å². The van der Waals surface area contributed by atoms with Crippen molar-refractivity contribution in [2.45, 2.75) is 10.9 Å². The normalized spacial score (nSPS) is 10.4. The Balaban J connectivity index is 1.85. The molecule has 0 aliphatic carbocycles. The van der Waals surface area contributed by atoms with E-state index in [0.29, 0.717) is 22.2 Å². The van der Waals surface area contributed by atoms with Crippen LogP contribution in [0.15, 0.2) is 60.0 Å². The summed E-state index contributed by atoms with van der Waals surface area (Å²) in [5, 5.41) is 17.6. The Labute approximate surface area is 131 Å². The average molecular weight is 310 g/mol. The second-order valence-electron chi connectivity index (χ2n) is 4.49. The van der Waals surface area contributed by atoms with Gasteiger partial charge in [-0.15, -0.1) is 10.2 Å². The van der Waals surface area contributed by atoms with Crippen molar-refractivity contribution in [3.05, 3.63) is 71.8 Å². The number of nitriles is 1. The minimum Gasteiger partial charge on any atom is -0.274 e. The van der Waals surface area contributed by atoms with Crippen LogP contribution in [0.5, 0.6) is 0 Å². The first-order valence-electron chi connectivity index (χ1n) is 6.55. The first kappa shape index (κ1) is 14.3. The predicted molar refractivity (Wildman–Crippen MR) is 82.0 cm³/mol. The highest BCUT2D eigenvalue weighted by Gasteiger charge is 2.11. The van der Waals surface area contributed by atoms with Crippen LogP contribution < -0.4 is 0 Å². The molecule has 3 rings (SSSR count). The van der Waals surface area contributed by atoms with Crippen LogP contribution in [-0.4, -0.2) is 14.8 Å². The Kier molecular flexibility index (Phi) is 4.17. The zero-order valence-electron chi connectivity index (χ0n) is 11.5. The summed E-state index contributed by atoms with van der Waals surface area (Å²) in [4.78, 5) is 0. The van der Waals surface area contributed by atoms with Gasteiger partial charge in [-0.05, 0) is 23.8 Å². The predicted octanol–water partition coefficient (Wildman–Crippen LogP) is 3.57. The average Bonchev–Trinajstić information content (AvgIpc) is 3.02. The number of rotatable bonds is 4. The van der Waals surface area contributed by atoms with E-state index < -0.39 is 0 Å². The van der Waals surface area contributed by atoms with Gasteiger partial charge < -0.3 is 0 Å². The van der Waals surface area contributed by atoms with Gasteiger partial charge >= 0.3 is 0 Å². The van der Waals surface area contributed by atoms with E-state index >= 15 is 0 Å². The van der Waals surface area contributed by atoms with Gasteiger partial charge in [-0.2, -0.15) is 5.26 Å². The van der Waals surface area contributed by atoms with Crippen LogP contribution >= 0.6 is 11.8 Å². The molecular weight excluding hydrogens is 299 g/mol. The Morgan fingerprint density at radius 1 is 1.14 bits per heavy atom. The molecule has 22 heavy (non-hydrogen) atoms. The van der Waals surface area contributed by atoms with Crippen molar-refractivity contribution in [2.75, 3.05) is 0 Å². The van der Waals surface area contributed by atoms with E-state index in [0.717, 1.165) is 5.56 Å². The lowest BCUT2D eigenvalue weighted by Crippen LogP contribution is -1.98. The molecule has 6 heteroatoms. The van der Waals surface area contributed by atoms with Gasteiger partial charge in [0, 0.05) is 5.75 Å². The molecule has 0 unspecified atom stereocenters. The molecule has 0 aliphatic heterocycles. The zero-order chi connectivity index (χ0) is 15.4. The number of hydrogen-bond donors (Lipinski definition) is 0. The van der Waals surface area contributed by atoms with Crippen LogP contribution in [0.1, 0.15) is 11.1 Å². The maximum Gasteiger partial charge on any atom is 0.196 e. The monoisotopic (exact) mass is 310 g/mol. The van der Waals surface area contributed by atoms with Gasteiger partial charge in [0.1, 0.15) is 12.1 Å². The van der Waals surface area contributed by atoms with Gasteiger partial charge in [0.25, 0.3) is 0 Å². The van der Waals surface area contributed by atoms with E-state index in [4.69, 9.17) is 5.26 Å². The van der Waals surface area contributed by atoms with Crippen molar-refractivity contribution in [1.82, 2.24) is 14.8 Å². The Bertz CT molecular complexity index is 838. The number of para-hydroxylation sites is 1. The maximum absolute atomic E-state index is 13.9. The molecule has 0 bridgehead atoms. The molecule has 0 radical (unpaired) electrons. The van der Waals surface area contributed by atoms with Gasteiger partial charge in [-0.25, -0.2) is 4.39 Å². The van der Waals surface area contributed by atoms with Crippen molar-refractivity contribution < 1.29 is 4.39 Å². The minimum atomic E-state index is -0.332. The molecule has 108 valence electrons. The lowest BCUT2D eigenvalue weighted by atomic mass is 10.1. The molecule has 0 fully saturated rings. The number of nitrogens with zero attached hydrogens (tertiary/aromatic N) is 4. The number of hydrogen-bond acceptors (Lipinski definition) is 4. The van der Waals surface area contributed by atoms with Gasteiger partial charge in [0.05, 0.1) is 17.3 Å². The smallest absolute Gasteiger partial charge is 0.196 e. The summed E-state index contributed by atoms with van der Waals surface area (Å²) in [7, 11) is 0. The van der Waals surface area contributed by atoms with E-state index in [1.165, 1.54) is 24.2 Å². The molecule has 0 atom stereocenters. The van der Waals surface area contributed by atoms with Crippen LogP contribution in [0, 0.1) is 17.1 Å². The second kappa shape index (κ2) is 6.41. The number of benzene rings is 2. The largest absolute Gasteiger partial charge is 0.274 e. The zero-order valence-corrected chi connectivity index (χ0v) is 12.3. The van der Waals surface area contributed by atoms with Gasteiger partial charge in [-0.3, -0.25) is 4.57 Å². The fourth-order valence-electron chi connectivity index (χ4n) is 2.03. The highest BCUT2D eigenvalue weighted by atomic mass is 32.2. The number of thioether (sulfide) groups is 1. The van der Waals surface area contributed by atoms with E-state index in [1.54, 1.807) is 28.8 Å². The summed E-state index contributed by atoms with van der Waals surface area (Å²) in [6, 6.07) is 16.0. The van der Waals surface area contributed by atoms with E-state index in [2.05, 4.69) is 16.3 Å². The molecule has 1 heterocycles. The molecule has 0 saturated heterocycles. The molecule has 3 aromatic rings. The lowest BCUT2D eigenvalue weighted by molar-refractivity contribution is 0.613. The van der Waals surface area contributed by atoms with Crippen LogP contribution in [0.2, 0.25) is 0 Å². The van der Waals surface area contributed by atoms with E-state index in [1.807, 2.05) is 18.2 Å². The summed E-state index contributed by atoms with van der Waals surface area (Å²) in [6.45, 7) is 0. The molecular formula is C16H11FN4S. The Morgan fingerprint density at radius 2 is 1.91 bits per heavy atom. The van der Waals surface area contributed by atoms with Crippen LogP contribution in [0.25, 0.3) is 5.69 Å². The van der Waals surface area contributed by atoms with Gasteiger partial charge in [0.2, 0.25) is 0 Å². The topological polar surface area (TPSA) is 54.5 Å². The summed E-state index contributed by atoms with van der Waals surface area (Å²) in [5.41, 5.74) is 1.95. The van der Waals surface area contributed by atoms with Gasteiger partial charge in [-0.1, -0.05) is 42.1 Å². The quantitative estimate of drug-likeness (QED) is 0.691. The van der Waals surface area contributed by atoms with Crippen LogP contribution in [0.3, 0.4) is 0 Å². The lowest BCUT2D eigenvalue weighted by Gasteiger charge is -2.07. The van der Waals surface area contributed by atoms with Crippen molar-refractivity contribution in [1.29, 1.82) is 5.26 Å². The molecule has 0 spiro atoms. The summed E-state index contributed by atoms with van der Waals surface area (Å²) < 4.78 is 15.5. The summed E-state index contributed by atoms with van der Waals surface area (Å²) in [6.07, 6.45) is 1.48. The molecule has 0 aliphatic rings. The molecule has 1 aromatic heterocycles. The molecule has 2 aromatic carbocycles. The molecule has 4 nitrogen and oxygen atoms in total. The van der Waals surface area contributed by atoms with E-state index in [9.17, 15) is 4.39 Å². The maximum atomic E-state index is 13.9. The third-order valence-electron chi connectivity index (χ3n) is 3.12. The molecule has 0 amide bonds. The first-order chi connectivity index (χ1) is 10.8. The Morgan fingerprint density at radius 3 is 2.73 bits per heavy atom. The standard InChI is InChI=1S/C16H11FN4S/c17-14-7-3-4-8-15(14)21-11-19-20-16(21)22-10-13-6-2-1-5-12(13)9-18/h1-8,11H,10H2. The summed E-state index contributed by atoms with van der Waals surface area (Å²) in [5.74, 6) is 0.234. The fraction of sp³-hybridized carbons (Fsp3) is 0.0625. The molecule has 0 N–H and O–H groups in total. The third-order valence-corrected chi connectivity index (χ3v) is 4.11. The SMILES string of the molecule is N#Cc1ccccc1CSc1nncn1-c1ccccc1F. The summed E-state index contributed by atoms with van der Waals surface area (Å²) >= 11 is 1.41.